The van der Waals surface area contributed by atoms with E-state index in [0.29, 0.717) is 40.9 Å². The Labute approximate surface area is 243 Å². The van der Waals surface area contributed by atoms with Gasteiger partial charge in [0.15, 0.2) is 0 Å². The molecule has 0 aliphatic heterocycles. The zero-order valence-corrected chi connectivity index (χ0v) is 23.1. The molecular weight excluding hydrogens is 563 g/mol. The highest BCUT2D eigenvalue weighted by atomic mass is 19.4. The van der Waals surface area contributed by atoms with Gasteiger partial charge in [-0.1, -0.05) is 5.73 Å². The van der Waals surface area contributed by atoms with Crippen molar-refractivity contribution in [2.45, 2.75) is 38.4 Å². The summed E-state index contributed by atoms with van der Waals surface area (Å²) in [4.78, 5) is 30.2. The van der Waals surface area contributed by atoms with Crippen molar-refractivity contribution in [2.24, 2.45) is 0 Å². The number of benzene rings is 1. The summed E-state index contributed by atoms with van der Waals surface area (Å²) in [5.74, 6) is 1.81. The Morgan fingerprint density at radius 2 is 1.86 bits per heavy atom. The maximum atomic E-state index is 14.0. The maximum Gasteiger partial charge on any atom is 0.418 e. The third-order valence-corrected chi connectivity index (χ3v) is 6.82. The van der Waals surface area contributed by atoms with E-state index in [-0.39, 0.29) is 23.4 Å². The SMILES string of the molecule is COC1=C=C(C(=O)Nc2ccc(-n3ccnc3C)c(C(F)(F)F)c2)C=C(Nc2nccn2-c2cc(NC3CC3)ncn2)C1. The van der Waals surface area contributed by atoms with Gasteiger partial charge in [-0.3, -0.25) is 9.36 Å². The summed E-state index contributed by atoms with van der Waals surface area (Å²) >= 11 is 0. The quantitative estimate of drug-likeness (QED) is 0.229. The minimum absolute atomic E-state index is 0.0319. The lowest BCUT2D eigenvalue weighted by atomic mass is 10.1. The van der Waals surface area contributed by atoms with Crippen LogP contribution in [0.15, 0.2) is 84.2 Å². The van der Waals surface area contributed by atoms with E-state index < -0.39 is 17.6 Å². The average molecular weight is 590 g/mol. The molecule has 3 N–H and O–H groups in total. The summed E-state index contributed by atoms with van der Waals surface area (Å²) in [6, 6.07) is 5.82. The van der Waals surface area contributed by atoms with Crippen LogP contribution in [0.3, 0.4) is 0 Å². The van der Waals surface area contributed by atoms with Crippen molar-refractivity contribution in [3.63, 3.8) is 0 Å². The summed E-state index contributed by atoms with van der Waals surface area (Å²) < 4.78 is 50.4. The topological polar surface area (TPSA) is 124 Å². The number of ether oxygens (including phenoxy) is 1. The van der Waals surface area contributed by atoms with Crippen LogP contribution in [0, 0.1) is 6.92 Å². The number of methoxy groups -OCH3 is 1. The Hall–Kier alpha value is -5.36. The van der Waals surface area contributed by atoms with Gasteiger partial charge in [0.05, 0.1) is 30.4 Å². The number of carbonyl (C=O) groups excluding carboxylic acids is 1. The zero-order chi connectivity index (χ0) is 30.1. The van der Waals surface area contributed by atoms with Crippen LogP contribution < -0.4 is 16.0 Å². The van der Waals surface area contributed by atoms with Crippen LogP contribution in [0.4, 0.5) is 30.6 Å². The van der Waals surface area contributed by atoms with Gasteiger partial charge in [-0.05, 0) is 44.0 Å². The fraction of sp³-hybridized carbons (Fsp3) is 0.241. The number of imidazole rings is 2. The smallest absolute Gasteiger partial charge is 0.418 e. The van der Waals surface area contributed by atoms with Crippen molar-refractivity contribution in [2.75, 3.05) is 23.1 Å². The summed E-state index contributed by atoms with van der Waals surface area (Å²) in [5, 5.41) is 9.09. The highest BCUT2D eigenvalue weighted by molar-refractivity contribution is 6.06. The van der Waals surface area contributed by atoms with E-state index in [0.717, 1.165) is 18.9 Å². The molecule has 0 unspecified atom stereocenters. The van der Waals surface area contributed by atoms with Crippen LogP contribution in [0.25, 0.3) is 11.5 Å². The average Bonchev–Trinajstić information content (AvgIpc) is 3.50. The van der Waals surface area contributed by atoms with Crippen molar-refractivity contribution >= 4 is 23.4 Å². The van der Waals surface area contributed by atoms with Gasteiger partial charge in [0, 0.05) is 48.3 Å². The van der Waals surface area contributed by atoms with E-state index in [9.17, 15) is 18.0 Å². The molecule has 0 bridgehead atoms. The predicted molar refractivity (Wildman–Crippen MR) is 152 cm³/mol. The Kier molecular flexibility index (Phi) is 7.20. The van der Waals surface area contributed by atoms with Gasteiger partial charge in [-0.15, -0.1) is 0 Å². The molecule has 220 valence electrons. The van der Waals surface area contributed by atoms with Crippen LogP contribution in [-0.4, -0.2) is 48.1 Å². The first-order valence-corrected chi connectivity index (χ1v) is 13.3. The lowest BCUT2D eigenvalue weighted by Gasteiger charge is -2.18. The lowest BCUT2D eigenvalue weighted by molar-refractivity contribution is -0.137. The Balaban J connectivity index is 1.23. The number of halogens is 3. The predicted octanol–water partition coefficient (Wildman–Crippen LogP) is 5.14. The van der Waals surface area contributed by atoms with E-state index >= 15 is 0 Å². The van der Waals surface area contributed by atoms with E-state index in [1.165, 1.54) is 42.5 Å². The monoisotopic (exact) mass is 589 g/mol. The van der Waals surface area contributed by atoms with Crippen molar-refractivity contribution in [1.29, 1.82) is 0 Å². The Morgan fingerprint density at radius 3 is 2.58 bits per heavy atom. The molecule has 3 aromatic heterocycles. The van der Waals surface area contributed by atoms with Crippen molar-refractivity contribution in [1.82, 2.24) is 29.1 Å². The lowest BCUT2D eigenvalue weighted by Crippen LogP contribution is -2.18. The molecule has 3 heterocycles. The number of anilines is 3. The normalized spacial score (nSPS) is 14.9. The zero-order valence-electron chi connectivity index (χ0n) is 23.1. The number of nitrogens with one attached hydrogen (secondary N) is 3. The molecule has 4 aromatic rings. The molecule has 6 rings (SSSR count). The first-order chi connectivity index (χ1) is 20.7. The van der Waals surface area contributed by atoms with Crippen molar-refractivity contribution in [3.05, 3.63) is 95.6 Å². The molecule has 0 atom stereocenters. The molecule has 1 amide bonds. The van der Waals surface area contributed by atoms with Gasteiger partial charge in [0.2, 0.25) is 5.95 Å². The molecule has 14 heteroatoms. The molecular formula is C29H26F3N9O2. The van der Waals surface area contributed by atoms with Crippen LogP contribution in [0.1, 0.15) is 30.7 Å². The largest absolute Gasteiger partial charge is 0.493 e. The third-order valence-electron chi connectivity index (χ3n) is 6.82. The van der Waals surface area contributed by atoms with Crippen LogP contribution in [0.2, 0.25) is 0 Å². The minimum Gasteiger partial charge on any atom is -0.493 e. The maximum absolute atomic E-state index is 14.0. The highest BCUT2D eigenvalue weighted by Gasteiger charge is 2.35. The molecule has 2 aliphatic carbocycles. The van der Waals surface area contributed by atoms with Crippen LogP contribution in [-0.2, 0) is 15.7 Å². The van der Waals surface area contributed by atoms with Crippen LogP contribution in [0.5, 0.6) is 0 Å². The van der Waals surface area contributed by atoms with Gasteiger partial charge in [0.1, 0.15) is 29.5 Å². The Bertz CT molecular complexity index is 1790. The summed E-state index contributed by atoms with van der Waals surface area (Å²) in [6.45, 7) is 1.60. The third kappa shape index (κ3) is 6.14. The van der Waals surface area contributed by atoms with Gasteiger partial charge in [-0.2, -0.15) is 13.2 Å². The summed E-state index contributed by atoms with van der Waals surface area (Å²) in [5.41, 5.74) is 2.46. The van der Waals surface area contributed by atoms with E-state index in [1.807, 2.05) is 6.07 Å². The molecule has 43 heavy (non-hydrogen) atoms. The number of nitrogens with zero attached hydrogens (tertiary/aromatic N) is 6. The number of amides is 1. The number of hydrogen-bond acceptors (Lipinski definition) is 8. The number of aromatic nitrogens is 6. The second-order valence-electron chi connectivity index (χ2n) is 9.97. The molecule has 0 spiro atoms. The van der Waals surface area contributed by atoms with E-state index in [2.05, 4.69) is 41.6 Å². The fourth-order valence-corrected chi connectivity index (χ4v) is 4.56. The van der Waals surface area contributed by atoms with E-state index in [4.69, 9.17) is 4.74 Å². The van der Waals surface area contributed by atoms with E-state index in [1.54, 1.807) is 30.0 Å². The molecule has 0 saturated heterocycles. The summed E-state index contributed by atoms with van der Waals surface area (Å²) in [6.07, 6.45) is 7.02. The first kappa shape index (κ1) is 27.8. The molecule has 1 fully saturated rings. The number of hydrogen-bond donors (Lipinski definition) is 3. The summed E-state index contributed by atoms with van der Waals surface area (Å²) in [7, 11) is 1.45. The van der Waals surface area contributed by atoms with Gasteiger partial charge in [0.25, 0.3) is 5.91 Å². The molecule has 11 nitrogen and oxygen atoms in total. The molecule has 1 aromatic carbocycles. The standard InChI is InChI=1S/C29H26F3N9O2/c1-17-33-7-9-40(17)24-6-5-20(14-23(24)29(30,31)32)38-27(42)18-11-21(13-22(12-18)43-2)39-28-34-8-10-41(28)26-15-25(35-16-36-26)37-19-3-4-19/h5-11,14-16,19H,3-4,13H2,1-2H3,(H,34,39)(H,38,42)(H,35,36,37). The number of carbonyl (C=O) groups is 1. The van der Waals surface area contributed by atoms with Crippen molar-refractivity contribution < 1.29 is 22.7 Å². The first-order valence-electron chi connectivity index (χ1n) is 13.3. The van der Waals surface area contributed by atoms with Gasteiger partial charge < -0.3 is 25.3 Å². The van der Waals surface area contributed by atoms with Gasteiger partial charge in [-0.25, -0.2) is 19.9 Å². The van der Waals surface area contributed by atoms with Gasteiger partial charge >= 0.3 is 6.18 Å². The number of rotatable bonds is 9. The van der Waals surface area contributed by atoms with Crippen molar-refractivity contribution in [3.8, 4) is 11.5 Å². The fourth-order valence-electron chi connectivity index (χ4n) is 4.56. The highest BCUT2D eigenvalue weighted by Crippen LogP contribution is 2.36. The second kappa shape index (κ2) is 11.1. The Morgan fingerprint density at radius 1 is 1.07 bits per heavy atom. The van der Waals surface area contributed by atoms with Crippen LogP contribution >= 0.6 is 0 Å². The minimum atomic E-state index is -4.67. The molecule has 0 radical (unpaired) electrons. The number of alkyl halides is 3. The molecule has 1 saturated carbocycles. The molecule has 2 aliphatic rings. The number of aryl methyl sites for hydroxylation is 1. The second-order valence-corrected chi connectivity index (χ2v) is 9.97.